The second-order valence-electron chi connectivity index (χ2n) is 5.35. The topological polar surface area (TPSA) is 9.23 Å². The van der Waals surface area contributed by atoms with Gasteiger partial charge in [0, 0.05) is 16.7 Å². The van der Waals surface area contributed by atoms with Crippen LogP contribution in [0.25, 0.3) is 17.2 Å². The minimum absolute atomic E-state index is 0.0589. The van der Waals surface area contributed by atoms with Gasteiger partial charge in [-0.25, -0.2) is 13.2 Å². The quantitative estimate of drug-likeness (QED) is 0.419. The van der Waals surface area contributed by atoms with Crippen LogP contribution in [0.3, 0.4) is 0 Å². The standard InChI is InChI=1S/C20H18F4O/c1-3-5-6-7-13-8-9-14(18(22)17(13)21)15-10-11-16(25-12-4-2)20(24)19(15)23/h4,6-12H,3,5H2,1-2H3. The van der Waals surface area contributed by atoms with E-state index in [9.17, 15) is 17.6 Å². The number of halogens is 4. The van der Waals surface area contributed by atoms with Crippen molar-refractivity contribution in [3.63, 3.8) is 0 Å². The van der Waals surface area contributed by atoms with Crippen LogP contribution < -0.4 is 4.74 Å². The van der Waals surface area contributed by atoms with Crippen molar-refractivity contribution in [2.45, 2.75) is 26.7 Å². The maximum Gasteiger partial charge on any atom is 0.201 e. The van der Waals surface area contributed by atoms with Crippen LogP contribution in [0.2, 0.25) is 0 Å². The molecule has 0 bridgehead atoms. The van der Waals surface area contributed by atoms with E-state index in [1.807, 2.05) is 6.92 Å². The zero-order valence-corrected chi connectivity index (χ0v) is 14.0. The van der Waals surface area contributed by atoms with Gasteiger partial charge in [0.1, 0.15) is 0 Å². The molecular weight excluding hydrogens is 332 g/mol. The molecule has 132 valence electrons. The van der Waals surface area contributed by atoms with Gasteiger partial charge in [-0.2, -0.15) is 4.39 Å². The van der Waals surface area contributed by atoms with Gasteiger partial charge in [-0.3, -0.25) is 0 Å². The summed E-state index contributed by atoms with van der Waals surface area (Å²) in [5, 5.41) is 0. The largest absolute Gasteiger partial charge is 0.462 e. The molecule has 0 unspecified atom stereocenters. The second-order valence-corrected chi connectivity index (χ2v) is 5.35. The molecule has 0 aliphatic heterocycles. The summed E-state index contributed by atoms with van der Waals surface area (Å²) in [6.45, 7) is 3.61. The maximum absolute atomic E-state index is 14.3. The highest BCUT2D eigenvalue weighted by molar-refractivity contribution is 5.68. The first-order valence-electron chi connectivity index (χ1n) is 7.92. The smallest absolute Gasteiger partial charge is 0.201 e. The maximum atomic E-state index is 14.3. The lowest BCUT2D eigenvalue weighted by Gasteiger charge is -2.10. The predicted octanol–water partition coefficient (Wildman–Crippen LogP) is 6.64. The summed E-state index contributed by atoms with van der Waals surface area (Å²) >= 11 is 0. The Balaban J connectivity index is 2.45. The van der Waals surface area contributed by atoms with Crippen molar-refractivity contribution in [1.29, 1.82) is 0 Å². The number of benzene rings is 2. The SMILES string of the molecule is CC=COc1ccc(-c2ccc(C=CCCC)c(F)c2F)c(F)c1F. The van der Waals surface area contributed by atoms with Crippen LogP contribution in [-0.2, 0) is 0 Å². The van der Waals surface area contributed by atoms with Crippen molar-refractivity contribution >= 4 is 6.08 Å². The molecular formula is C20H18F4O. The molecule has 0 heterocycles. The van der Waals surface area contributed by atoms with Crippen molar-refractivity contribution in [3.05, 3.63) is 71.5 Å². The van der Waals surface area contributed by atoms with E-state index in [-0.39, 0.29) is 22.4 Å². The fourth-order valence-electron chi connectivity index (χ4n) is 2.25. The summed E-state index contributed by atoms with van der Waals surface area (Å²) in [7, 11) is 0. The summed E-state index contributed by atoms with van der Waals surface area (Å²) in [6.07, 6.45) is 7.50. The number of rotatable bonds is 6. The average Bonchev–Trinajstić information content (AvgIpc) is 2.61. The molecule has 2 aromatic carbocycles. The Bertz CT molecular complexity index is 810. The van der Waals surface area contributed by atoms with Crippen LogP contribution in [0.15, 0.2) is 42.7 Å². The molecule has 0 aliphatic rings. The third kappa shape index (κ3) is 4.10. The fourth-order valence-corrected chi connectivity index (χ4v) is 2.25. The third-order valence-corrected chi connectivity index (χ3v) is 3.53. The molecule has 0 spiro atoms. The minimum Gasteiger partial charge on any atom is -0.462 e. The van der Waals surface area contributed by atoms with Crippen LogP contribution in [0.5, 0.6) is 5.75 Å². The number of ether oxygens (including phenoxy) is 1. The Hall–Kier alpha value is -2.56. The summed E-state index contributed by atoms with van der Waals surface area (Å²) < 4.78 is 61.7. The summed E-state index contributed by atoms with van der Waals surface area (Å²) in [5.41, 5.74) is -0.659. The van der Waals surface area contributed by atoms with Crippen molar-refractivity contribution < 1.29 is 22.3 Å². The molecule has 0 aromatic heterocycles. The van der Waals surface area contributed by atoms with Crippen LogP contribution in [0.1, 0.15) is 32.3 Å². The van der Waals surface area contributed by atoms with Gasteiger partial charge in [0.05, 0.1) is 6.26 Å². The van der Waals surface area contributed by atoms with Gasteiger partial charge in [0.15, 0.2) is 23.2 Å². The van der Waals surface area contributed by atoms with Crippen molar-refractivity contribution in [2.24, 2.45) is 0 Å². The van der Waals surface area contributed by atoms with E-state index in [2.05, 4.69) is 0 Å². The van der Waals surface area contributed by atoms with Crippen molar-refractivity contribution in [2.75, 3.05) is 0 Å². The van der Waals surface area contributed by atoms with Crippen molar-refractivity contribution in [1.82, 2.24) is 0 Å². The molecule has 2 aromatic rings. The lowest BCUT2D eigenvalue weighted by molar-refractivity contribution is 0.415. The van der Waals surface area contributed by atoms with Gasteiger partial charge in [-0.15, -0.1) is 0 Å². The highest BCUT2D eigenvalue weighted by Gasteiger charge is 2.20. The highest BCUT2D eigenvalue weighted by Crippen LogP contribution is 2.33. The van der Waals surface area contributed by atoms with Crippen LogP contribution in [0.4, 0.5) is 17.6 Å². The van der Waals surface area contributed by atoms with E-state index in [1.165, 1.54) is 36.6 Å². The minimum atomic E-state index is -1.30. The first-order chi connectivity index (χ1) is 12.0. The third-order valence-electron chi connectivity index (χ3n) is 3.53. The molecule has 0 amide bonds. The molecule has 1 nitrogen and oxygen atoms in total. The lowest BCUT2D eigenvalue weighted by Crippen LogP contribution is -1.98. The Morgan fingerprint density at radius 1 is 0.880 bits per heavy atom. The summed E-state index contributed by atoms with van der Waals surface area (Å²) in [5.74, 6) is -5.21. The summed E-state index contributed by atoms with van der Waals surface area (Å²) in [4.78, 5) is 0. The number of allylic oxidation sites excluding steroid dienone is 2. The first-order valence-corrected chi connectivity index (χ1v) is 7.92. The molecule has 0 saturated carbocycles. The van der Waals surface area contributed by atoms with E-state index in [1.54, 1.807) is 13.0 Å². The summed E-state index contributed by atoms with van der Waals surface area (Å²) in [6, 6.07) is 4.89. The van der Waals surface area contributed by atoms with Crippen LogP contribution in [0, 0.1) is 23.3 Å². The van der Waals surface area contributed by atoms with E-state index in [0.29, 0.717) is 0 Å². The normalized spacial score (nSPS) is 11.6. The lowest BCUT2D eigenvalue weighted by atomic mass is 10.0. The zero-order chi connectivity index (χ0) is 18.4. The van der Waals surface area contributed by atoms with Gasteiger partial charge in [0.25, 0.3) is 0 Å². The van der Waals surface area contributed by atoms with Gasteiger partial charge < -0.3 is 4.74 Å². The Morgan fingerprint density at radius 3 is 2.16 bits per heavy atom. The second kappa shape index (κ2) is 8.51. The fraction of sp³-hybridized carbons (Fsp3) is 0.200. The molecule has 25 heavy (non-hydrogen) atoms. The van der Waals surface area contributed by atoms with Gasteiger partial charge in [-0.05, 0) is 25.5 Å². The predicted molar refractivity (Wildman–Crippen MR) is 91.1 cm³/mol. The first kappa shape index (κ1) is 18.8. The monoisotopic (exact) mass is 350 g/mol. The molecule has 0 saturated heterocycles. The number of hydrogen-bond acceptors (Lipinski definition) is 1. The molecule has 0 aliphatic carbocycles. The van der Waals surface area contributed by atoms with E-state index in [0.717, 1.165) is 18.9 Å². The van der Waals surface area contributed by atoms with Gasteiger partial charge >= 0.3 is 0 Å². The van der Waals surface area contributed by atoms with Crippen LogP contribution in [-0.4, -0.2) is 0 Å². The Morgan fingerprint density at radius 2 is 1.52 bits per heavy atom. The van der Waals surface area contributed by atoms with Gasteiger partial charge in [0.2, 0.25) is 5.82 Å². The highest BCUT2D eigenvalue weighted by atomic mass is 19.2. The number of hydrogen-bond donors (Lipinski definition) is 0. The van der Waals surface area contributed by atoms with Crippen LogP contribution >= 0.6 is 0 Å². The zero-order valence-electron chi connectivity index (χ0n) is 14.0. The molecule has 5 heteroatoms. The van der Waals surface area contributed by atoms with E-state index < -0.39 is 23.3 Å². The molecule has 0 N–H and O–H groups in total. The van der Waals surface area contributed by atoms with Gasteiger partial charge in [-0.1, -0.05) is 43.7 Å². The van der Waals surface area contributed by atoms with E-state index >= 15 is 0 Å². The molecule has 0 fully saturated rings. The average molecular weight is 350 g/mol. The Labute approximate surface area is 144 Å². The number of unbranched alkanes of at least 4 members (excludes halogenated alkanes) is 1. The molecule has 0 atom stereocenters. The molecule has 0 radical (unpaired) electrons. The Kier molecular flexibility index (Phi) is 6.39. The van der Waals surface area contributed by atoms with Crippen molar-refractivity contribution in [3.8, 4) is 16.9 Å². The molecule has 2 rings (SSSR count). The van der Waals surface area contributed by atoms with E-state index in [4.69, 9.17) is 4.74 Å².